The van der Waals surface area contributed by atoms with Crippen molar-refractivity contribution in [1.29, 1.82) is 0 Å². The Kier molecular flexibility index (Phi) is 6.17. The second kappa shape index (κ2) is 8.33. The topological polar surface area (TPSA) is 87.7 Å². The average molecular weight is 332 g/mol. The van der Waals surface area contributed by atoms with Crippen LogP contribution in [0.2, 0.25) is 0 Å². The van der Waals surface area contributed by atoms with Gasteiger partial charge in [0.05, 0.1) is 0 Å². The summed E-state index contributed by atoms with van der Waals surface area (Å²) in [5, 5.41) is 10.6. The number of rotatable bonds is 7. The Hall–Kier alpha value is -2.57. The number of aryl methyl sites for hydroxylation is 1. The van der Waals surface area contributed by atoms with Gasteiger partial charge in [0, 0.05) is 24.9 Å². The summed E-state index contributed by atoms with van der Waals surface area (Å²) in [6.07, 6.45) is 1.29. The van der Waals surface area contributed by atoms with Gasteiger partial charge in [-0.25, -0.2) is 4.39 Å². The van der Waals surface area contributed by atoms with Crippen molar-refractivity contribution in [3.63, 3.8) is 0 Å². The molecule has 2 rings (SSSR count). The van der Waals surface area contributed by atoms with E-state index in [0.29, 0.717) is 18.0 Å². The number of nitrogens with one attached hydrogen (secondary N) is 2. The lowest BCUT2D eigenvalue weighted by Crippen LogP contribution is -2.27. The van der Waals surface area contributed by atoms with Crippen LogP contribution in [-0.4, -0.2) is 27.6 Å². The molecule has 1 aromatic carbocycles. The van der Waals surface area contributed by atoms with Gasteiger partial charge in [-0.1, -0.05) is 26.0 Å². The van der Waals surface area contributed by atoms with Gasteiger partial charge in [-0.05, 0) is 24.5 Å². The zero-order valence-corrected chi connectivity index (χ0v) is 13.8. The molecule has 1 amide bonds. The average Bonchev–Trinajstić information content (AvgIpc) is 2.53. The van der Waals surface area contributed by atoms with Crippen LogP contribution in [0.5, 0.6) is 0 Å². The summed E-state index contributed by atoms with van der Waals surface area (Å²) in [7, 11) is 0. The number of carbonyl (C=O) groups excluding carboxylic acids is 1. The summed E-state index contributed by atoms with van der Waals surface area (Å²) in [4.78, 5) is 26.3. The fraction of sp³-hybridized carbons (Fsp3) is 0.412. The lowest BCUT2D eigenvalue weighted by atomic mass is 10.1. The van der Waals surface area contributed by atoms with Crippen LogP contribution in [-0.2, 0) is 11.2 Å². The number of aromatic amines is 1. The van der Waals surface area contributed by atoms with E-state index in [-0.39, 0.29) is 30.3 Å². The van der Waals surface area contributed by atoms with Gasteiger partial charge in [0.15, 0.2) is 5.82 Å². The highest BCUT2D eigenvalue weighted by molar-refractivity contribution is 5.76. The van der Waals surface area contributed by atoms with Gasteiger partial charge < -0.3 is 10.3 Å². The van der Waals surface area contributed by atoms with Crippen molar-refractivity contribution in [1.82, 2.24) is 20.5 Å². The van der Waals surface area contributed by atoms with Crippen LogP contribution in [0.15, 0.2) is 29.1 Å². The van der Waals surface area contributed by atoms with Crippen LogP contribution in [0.4, 0.5) is 4.39 Å². The molecule has 0 unspecified atom stereocenters. The van der Waals surface area contributed by atoms with E-state index in [4.69, 9.17) is 0 Å². The van der Waals surface area contributed by atoms with E-state index in [1.165, 1.54) is 18.2 Å². The number of H-pyrrole nitrogens is 1. The van der Waals surface area contributed by atoms with Crippen molar-refractivity contribution >= 4 is 5.91 Å². The molecule has 0 bridgehead atoms. The van der Waals surface area contributed by atoms with Crippen LogP contribution in [0, 0.1) is 11.7 Å². The third kappa shape index (κ3) is 5.26. The minimum absolute atomic E-state index is 0.119. The zero-order chi connectivity index (χ0) is 17.5. The molecule has 0 fully saturated rings. The summed E-state index contributed by atoms with van der Waals surface area (Å²) in [6.45, 7) is 4.79. The van der Waals surface area contributed by atoms with E-state index in [1.807, 2.05) is 0 Å². The normalized spacial score (nSPS) is 10.8. The number of hydrogen-bond acceptors (Lipinski definition) is 4. The van der Waals surface area contributed by atoms with Gasteiger partial charge >= 0.3 is 0 Å². The first-order chi connectivity index (χ1) is 11.5. The predicted molar refractivity (Wildman–Crippen MR) is 88.8 cm³/mol. The third-order valence-electron chi connectivity index (χ3n) is 3.50. The molecule has 0 aliphatic rings. The molecule has 0 spiro atoms. The number of aromatic nitrogens is 3. The van der Waals surface area contributed by atoms with Gasteiger partial charge in [-0.2, -0.15) is 0 Å². The number of benzene rings is 1. The van der Waals surface area contributed by atoms with Gasteiger partial charge in [-0.15, -0.1) is 10.2 Å². The second-order valence-corrected chi connectivity index (χ2v) is 5.99. The zero-order valence-electron chi connectivity index (χ0n) is 13.8. The fourth-order valence-corrected chi connectivity index (χ4v) is 2.11. The highest BCUT2D eigenvalue weighted by Gasteiger charge is 2.10. The quantitative estimate of drug-likeness (QED) is 0.812. The maximum atomic E-state index is 13.2. The molecule has 6 nitrogen and oxygen atoms in total. The Morgan fingerprint density at radius 2 is 2.12 bits per heavy atom. The Balaban J connectivity index is 1.95. The number of amides is 1. The molecule has 0 saturated carbocycles. The largest absolute Gasteiger partial charge is 0.356 e. The van der Waals surface area contributed by atoms with E-state index in [1.54, 1.807) is 6.07 Å². The minimum atomic E-state index is -0.419. The van der Waals surface area contributed by atoms with Crippen molar-refractivity contribution in [3.8, 4) is 11.4 Å². The van der Waals surface area contributed by atoms with E-state index >= 15 is 0 Å². The van der Waals surface area contributed by atoms with Crippen LogP contribution >= 0.6 is 0 Å². The highest BCUT2D eigenvalue weighted by atomic mass is 19.1. The molecule has 0 radical (unpaired) electrons. The molecular weight excluding hydrogens is 311 g/mol. The first kappa shape index (κ1) is 17.8. The molecule has 128 valence electrons. The number of carbonyl (C=O) groups is 1. The summed E-state index contributed by atoms with van der Waals surface area (Å²) in [5.41, 5.74) is 0.214. The smallest absolute Gasteiger partial charge is 0.273 e. The first-order valence-electron chi connectivity index (χ1n) is 7.94. The van der Waals surface area contributed by atoms with Crippen molar-refractivity contribution in [2.45, 2.75) is 33.1 Å². The molecule has 2 N–H and O–H groups in total. The first-order valence-corrected chi connectivity index (χ1v) is 7.94. The molecule has 1 aromatic heterocycles. The SMILES string of the molecule is CC(C)CCNC(=O)CCc1nnc(-c2cccc(F)c2)[nH]c1=O. The lowest BCUT2D eigenvalue weighted by Gasteiger charge is -2.07. The summed E-state index contributed by atoms with van der Waals surface area (Å²) in [6, 6.07) is 5.73. The number of nitrogens with zero attached hydrogens (tertiary/aromatic N) is 2. The summed E-state index contributed by atoms with van der Waals surface area (Å²) in [5.74, 6) is 0.183. The third-order valence-corrected chi connectivity index (χ3v) is 3.50. The van der Waals surface area contributed by atoms with Crippen molar-refractivity contribution in [2.75, 3.05) is 6.54 Å². The van der Waals surface area contributed by atoms with Crippen molar-refractivity contribution in [3.05, 3.63) is 46.1 Å². The van der Waals surface area contributed by atoms with Gasteiger partial charge in [-0.3, -0.25) is 9.59 Å². The molecule has 0 aliphatic carbocycles. The molecule has 0 atom stereocenters. The van der Waals surface area contributed by atoms with Gasteiger partial charge in [0.2, 0.25) is 5.91 Å². The van der Waals surface area contributed by atoms with Crippen LogP contribution in [0.3, 0.4) is 0 Å². The molecule has 1 heterocycles. The lowest BCUT2D eigenvalue weighted by molar-refractivity contribution is -0.121. The molecule has 2 aromatic rings. The van der Waals surface area contributed by atoms with Crippen LogP contribution in [0.25, 0.3) is 11.4 Å². The Labute approximate surface area is 139 Å². The molecule has 0 saturated heterocycles. The van der Waals surface area contributed by atoms with Crippen LogP contribution in [0.1, 0.15) is 32.4 Å². The molecular formula is C17H21FN4O2. The van der Waals surface area contributed by atoms with Gasteiger partial charge in [0.25, 0.3) is 5.56 Å². The van der Waals surface area contributed by atoms with E-state index in [9.17, 15) is 14.0 Å². The fourth-order valence-electron chi connectivity index (χ4n) is 2.11. The maximum Gasteiger partial charge on any atom is 0.273 e. The number of halogens is 1. The van der Waals surface area contributed by atoms with E-state index in [0.717, 1.165) is 6.42 Å². The Morgan fingerprint density at radius 1 is 1.33 bits per heavy atom. The monoisotopic (exact) mass is 332 g/mol. The predicted octanol–water partition coefficient (Wildman–Crippen LogP) is 2.07. The van der Waals surface area contributed by atoms with E-state index < -0.39 is 11.4 Å². The molecule has 7 heteroatoms. The summed E-state index contributed by atoms with van der Waals surface area (Å²) >= 11 is 0. The van der Waals surface area contributed by atoms with Crippen molar-refractivity contribution in [2.24, 2.45) is 5.92 Å². The minimum Gasteiger partial charge on any atom is -0.356 e. The van der Waals surface area contributed by atoms with Gasteiger partial charge in [0.1, 0.15) is 11.5 Å². The Bertz CT molecular complexity index is 758. The summed E-state index contributed by atoms with van der Waals surface area (Å²) < 4.78 is 13.2. The molecule has 24 heavy (non-hydrogen) atoms. The maximum absolute atomic E-state index is 13.2. The Morgan fingerprint density at radius 3 is 2.79 bits per heavy atom. The highest BCUT2D eigenvalue weighted by Crippen LogP contribution is 2.13. The molecule has 0 aliphatic heterocycles. The number of hydrogen-bond donors (Lipinski definition) is 2. The van der Waals surface area contributed by atoms with Crippen LogP contribution < -0.4 is 10.9 Å². The van der Waals surface area contributed by atoms with Crippen molar-refractivity contribution < 1.29 is 9.18 Å². The standard InChI is InChI=1S/C17H21FN4O2/c1-11(2)8-9-19-15(23)7-6-14-17(24)20-16(22-21-14)12-4-3-5-13(18)10-12/h3-5,10-11H,6-9H2,1-2H3,(H,19,23)(H,20,22,24). The second-order valence-electron chi connectivity index (χ2n) is 5.99. The van der Waals surface area contributed by atoms with E-state index in [2.05, 4.69) is 34.3 Å².